The number of esters is 1. The summed E-state index contributed by atoms with van der Waals surface area (Å²) in [6.07, 6.45) is 9.02. The van der Waals surface area contributed by atoms with Crippen LogP contribution < -0.4 is 0 Å². The van der Waals surface area contributed by atoms with Gasteiger partial charge in [-0.25, -0.2) is 0 Å². The molecule has 0 heterocycles. The van der Waals surface area contributed by atoms with Gasteiger partial charge in [-0.15, -0.1) is 0 Å². The van der Waals surface area contributed by atoms with Gasteiger partial charge in [-0.2, -0.15) is 0 Å². The number of hydrogen-bond donors (Lipinski definition) is 0. The maximum Gasteiger partial charge on any atom is 0.303 e. The number of fused-ring (bicyclic) bond motifs is 1. The molecule has 0 aliphatic heterocycles. The molecule has 2 bridgehead atoms. The van der Waals surface area contributed by atoms with Crippen molar-refractivity contribution in [2.45, 2.75) is 78.2 Å². The zero-order valence-corrected chi connectivity index (χ0v) is 13.6. The van der Waals surface area contributed by atoms with Crippen molar-refractivity contribution in [3.8, 4) is 0 Å². The molecule has 3 aliphatic rings. The first-order chi connectivity index (χ1) is 9.43. The van der Waals surface area contributed by atoms with Gasteiger partial charge in [-0.05, 0) is 69.1 Å². The van der Waals surface area contributed by atoms with Crippen LogP contribution in [0.25, 0.3) is 0 Å². The van der Waals surface area contributed by atoms with Crippen molar-refractivity contribution in [2.75, 3.05) is 0 Å². The first-order valence-electron chi connectivity index (χ1n) is 8.62. The molecule has 0 aromatic carbocycles. The molecule has 3 aliphatic carbocycles. The van der Waals surface area contributed by atoms with Gasteiger partial charge in [0.05, 0.1) is 0 Å². The Morgan fingerprint density at radius 1 is 1.20 bits per heavy atom. The Labute approximate surface area is 123 Å². The largest absolute Gasteiger partial charge is 0.459 e. The van der Waals surface area contributed by atoms with E-state index in [2.05, 4.69) is 20.8 Å². The molecule has 0 radical (unpaired) electrons. The summed E-state index contributed by atoms with van der Waals surface area (Å²) in [6, 6.07) is 0. The fourth-order valence-electron chi connectivity index (χ4n) is 5.87. The first kappa shape index (κ1) is 14.4. The van der Waals surface area contributed by atoms with Gasteiger partial charge < -0.3 is 4.74 Å². The summed E-state index contributed by atoms with van der Waals surface area (Å²) in [5.41, 5.74) is 0.00711. The highest BCUT2D eigenvalue weighted by Gasteiger charge is 2.63. The highest BCUT2D eigenvalue weighted by atomic mass is 16.6. The summed E-state index contributed by atoms with van der Waals surface area (Å²) in [6.45, 7) is 8.32. The van der Waals surface area contributed by atoms with E-state index in [0.717, 1.165) is 30.1 Å². The van der Waals surface area contributed by atoms with Crippen molar-refractivity contribution in [1.82, 2.24) is 0 Å². The van der Waals surface area contributed by atoms with Gasteiger partial charge in [0.2, 0.25) is 0 Å². The second-order valence-corrected chi connectivity index (χ2v) is 8.00. The summed E-state index contributed by atoms with van der Waals surface area (Å²) >= 11 is 0. The first-order valence-corrected chi connectivity index (χ1v) is 8.62. The van der Waals surface area contributed by atoms with E-state index in [1.807, 2.05) is 0 Å². The highest BCUT2D eigenvalue weighted by Crippen LogP contribution is 2.68. The maximum atomic E-state index is 11.6. The number of ether oxygens (including phenoxy) is 1. The van der Waals surface area contributed by atoms with Crippen molar-refractivity contribution in [2.24, 2.45) is 29.1 Å². The fraction of sp³-hybridized carbons (Fsp3) is 0.944. The molecular weight excluding hydrogens is 248 g/mol. The number of carbonyl (C=O) groups excluding carboxylic acids is 1. The molecule has 0 spiro atoms. The van der Waals surface area contributed by atoms with E-state index in [-0.39, 0.29) is 17.0 Å². The van der Waals surface area contributed by atoms with Gasteiger partial charge in [0.1, 0.15) is 5.60 Å². The third-order valence-corrected chi connectivity index (χ3v) is 7.15. The van der Waals surface area contributed by atoms with Crippen LogP contribution >= 0.6 is 0 Å². The quantitative estimate of drug-likeness (QED) is 0.704. The molecule has 6 unspecified atom stereocenters. The molecule has 3 fully saturated rings. The van der Waals surface area contributed by atoms with E-state index in [1.165, 1.54) is 38.5 Å². The van der Waals surface area contributed by atoms with Crippen LogP contribution in [0.5, 0.6) is 0 Å². The summed E-state index contributed by atoms with van der Waals surface area (Å²) in [7, 11) is 0. The molecule has 0 N–H and O–H groups in total. The third-order valence-electron chi connectivity index (χ3n) is 7.15. The van der Waals surface area contributed by atoms with Crippen molar-refractivity contribution < 1.29 is 9.53 Å². The van der Waals surface area contributed by atoms with Gasteiger partial charge in [0, 0.05) is 12.3 Å². The van der Waals surface area contributed by atoms with E-state index in [0.29, 0.717) is 0 Å². The van der Waals surface area contributed by atoms with Gasteiger partial charge in [-0.3, -0.25) is 4.79 Å². The molecule has 2 heteroatoms. The molecule has 0 aromatic heterocycles. The topological polar surface area (TPSA) is 26.3 Å². The lowest BCUT2D eigenvalue weighted by atomic mass is 9.60. The van der Waals surface area contributed by atoms with Gasteiger partial charge in [0.15, 0.2) is 0 Å². The third kappa shape index (κ3) is 1.94. The lowest BCUT2D eigenvalue weighted by Crippen LogP contribution is -2.48. The van der Waals surface area contributed by atoms with E-state index in [1.54, 1.807) is 6.92 Å². The molecule has 3 rings (SSSR count). The lowest BCUT2D eigenvalue weighted by molar-refractivity contribution is -0.175. The molecule has 0 aromatic rings. The number of rotatable bonds is 4. The lowest BCUT2D eigenvalue weighted by Gasteiger charge is -2.48. The van der Waals surface area contributed by atoms with Crippen LogP contribution in [0.2, 0.25) is 0 Å². The minimum Gasteiger partial charge on any atom is -0.459 e. The summed E-state index contributed by atoms with van der Waals surface area (Å²) in [5.74, 6) is 3.59. The van der Waals surface area contributed by atoms with Crippen molar-refractivity contribution in [1.29, 1.82) is 0 Å². The average Bonchev–Trinajstić information content (AvgIpc) is 2.57. The summed E-state index contributed by atoms with van der Waals surface area (Å²) in [4.78, 5) is 11.6. The van der Waals surface area contributed by atoms with Crippen molar-refractivity contribution in [3.05, 3.63) is 0 Å². The van der Waals surface area contributed by atoms with Crippen LogP contribution in [0.15, 0.2) is 0 Å². The second-order valence-electron chi connectivity index (χ2n) is 8.00. The monoisotopic (exact) mass is 278 g/mol. The van der Waals surface area contributed by atoms with Crippen LogP contribution in [0.3, 0.4) is 0 Å². The van der Waals surface area contributed by atoms with Crippen LogP contribution in [0.4, 0.5) is 0 Å². The zero-order valence-electron chi connectivity index (χ0n) is 13.6. The van der Waals surface area contributed by atoms with E-state index < -0.39 is 0 Å². The minimum absolute atomic E-state index is 0.100. The number of carbonyl (C=O) groups is 1. The Kier molecular flexibility index (Phi) is 3.42. The van der Waals surface area contributed by atoms with Crippen LogP contribution in [0.1, 0.15) is 72.6 Å². The molecule has 3 saturated carbocycles. The van der Waals surface area contributed by atoms with Crippen LogP contribution in [-0.2, 0) is 9.53 Å². The Morgan fingerprint density at radius 2 is 1.95 bits per heavy atom. The molecule has 20 heavy (non-hydrogen) atoms. The van der Waals surface area contributed by atoms with Gasteiger partial charge >= 0.3 is 5.97 Å². The molecule has 6 atom stereocenters. The zero-order chi connectivity index (χ0) is 14.5. The number of hydrogen-bond acceptors (Lipinski definition) is 2. The Balaban J connectivity index is 1.93. The smallest absolute Gasteiger partial charge is 0.303 e. The van der Waals surface area contributed by atoms with Gasteiger partial charge in [0.25, 0.3) is 0 Å². The summed E-state index contributed by atoms with van der Waals surface area (Å²) in [5, 5.41) is 0. The van der Waals surface area contributed by atoms with Gasteiger partial charge in [-0.1, -0.05) is 20.3 Å². The molecule has 0 amide bonds. The second kappa shape index (κ2) is 4.74. The Bertz CT molecular complexity index is 404. The van der Waals surface area contributed by atoms with E-state index >= 15 is 0 Å². The Morgan fingerprint density at radius 3 is 2.55 bits per heavy atom. The average molecular weight is 278 g/mol. The maximum absolute atomic E-state index is 11.6. The molecule has 114 valence electrons. The van der Waals surface area contributed by atoms with Crippen molar-refractivity contribution in [3.63, 3.8) is 0 Å². The minimum atomic E-state index is -0.252. The molecule has 0 saturated heterocycles. The fourth-order valence-corrected chi connectivity index (χ4v) is 5.87. The predicted octanol–water partition coefficient (Wildman–Crippen LogP) is 4.57. The predicted molar refractivity (Wildman–Crippen MR) is 80.2 cm³/mol. The van der Waals surface area contributed by atoms with E-state index in [4.69, 9.17) is 4.74 Å². The SMILES string of the molecule is CCC1CC2CC3CC(C(C)(CC)OC(C)=O)(C1)CC23. The standard InChI is InChI=1S/C18H30O2/c1-5-13-7-14-8-15-10-18(9-13,11-16(14)15)17(4,6-2)20-12(3)19/h13-16H,5-11H2,1-4H3. The van der Waals surface area contributed by atoms with Crippen LogP contribution in [0, 0.1) is 29.1 Å². The highest BCUT2D eigenvalue weighted by molar-refractivity contribution is 5.66. The molecular formula is C18H30O2. The van der Waals surface area contributed by atoms with E-state index in [9.17, 15) is 4.79 Å². The molecule has 2 nitrogen and oxygen atoms in total. The normalized spacial score (nSPS) is 45.2. The Hall–Kier alpha value is -0.530. The van der Waals surface area contributed by atoms with Crippen LogP contribution in [-0.4, -0.2) is 11.6 Å². The summed E-state index contributed by atoms with van der Waals surface area (Å²) < 4.78 is 5.92. The van der Waals surface area contributed by atoms with Crippen molar-refractivity contribution >= 4 is 5.97 Å².